The zero-order valence-corrected chi connectivity index (χ0v) is 38.6. The van der Waals surface area contributed by atoms with E-state index >= 15 is 0 Å². The molecule has 2 saturated carbocycles. The van der Waals surface area contributed by atoms with Crippen molar-refractivity contribution >= 4 is 29.5 Å². The second-order valence-electron chi connectivity index (χ2n) is 17.3. The van der Waals surface area contributed by atoms with Crippen LogP contribution in [0.1, 0.15) is 87.0 Å². The molecule has 0 heterocycles. The van der Waals surface area contributed by atoms with Crippen molar-refractivity contribution in [3.63, 3.8) is 0 Å². The van der Waals surface area contributed by atoms with Crippen LogP contribution in [0.3, 0.4) is 0 Å². The third-order valence-corrected chi connectivity index (χ3v) is 13.3. The first-order valence-corrected chi connectivity index (χ1v) is 22.6. The first-order valence-electron chi connectivity index (χ1n) is 22.3. The number of halogens is 1. The fourth-order valence-corrected chi connectivity index (χ4v) is 9.05. The van der Waals surface area contributed by atoms with Gasteiger partial charge in [0, 0.05) is 40.9 Å². The van der Waals surface area contributed by atoms with Gasteiger partial charge < -0.3 is 34.6 Å². The van der Waals surface area contributed by atoms with Gasteiger partial charge >= 0.3 is 0 Å². The maximum absolute atomic E-state index is 12.7. The fourth-order valence-electron chi connectivity index (χ4n) is 8.85. The zero-order chi connectivity index (χ0) is 44.4. The summed E-state index contributed by atoms with van der Waals surface area (Å²) in [6.45, 7) is 3.09. The first kappa shape index (κ1) is 48.4. The molecule has 0 aromatic heterocycles. The SMILES string of the molecule is CCOCC(=O)NC1CCC(Cc2ccccc2Cl)(N(C)C)CC1.COc1cc(C=CC(=O)NC2CCC(CCc3ccccc3)(N(C)C)CC2)ccc1OCc1ccccc1. The van der Waals surface area contributed by atoms with Crippen molar-refractivity contribution in [3.05, 3.63) is 136 Å². The van der Waals surface area contributed by atoms with Gasteiger partial charge in [-0.1, -0.05) is 96.5 Å². The van der Waals surface area contributed by atoms with E-state index in [-0.39, 0.29) is 41.6 Å². The van der Waals surface area contributed by atoms with E-state index in [9.17, 15) is 9.59 Å². The summed E-state index contributed by atoms with van der Waals surface area (Å²) in [6, 6.07) is 35.0. The van der Waals surface area contributed by atoms with Crippen LogP contribution < -0.4 is 20.1 Å². The molecule has 0 atom stereocenters. The summed E-state index contributed by atoms with van der Waals surface area (Å²) < 4.78 is 16.6. The van der Waals surface area contributed by atoms with Crippen molar-refractivity contribution in [1.82, 2.24) is 20.4 Å². The number of ether oxygens (including phenoxy) is 3. The highest BCUT2D eigenvalue weighted by Gasteiger charge is 2.39. The number of carbonyl (C=O) groups is 2. The summed E-state index contributed by atoms with van der Waals surface area (Å²) >= 11 is 6.37. The van der Waals surface area contributed by atoms with Crippen LogP contribution >= 0.6 is 11.6 Å². The minimum Gasteiger partial charge on any atom is -0.493 e. The van der Waals surface area contributed by atoms with E-state index in [1.807, 2.05) is 79.7 Å². The molecule has 4 aromatic rings. The predicted octanol–water partition coefficient (Wildman–Crippen LogP) is 9.56. The Morgan fingerprint density at radius 1 is 0.742 bits per heavy atom. The van der Waals surface area contributed by atoms with Gasteiger partial charge in [-0.25, -0.2) is 0 Å². The number of nitrogens with zero attached hydrogens (tertiary/aromatic N) is 2. The lowest BCUT2D eigenvalue weighted by Gasteiger charge is -2.45. The predicted molar refractivity (Wildman–Crippen MR) is 253 cm³/mol. The lowest BCUT2D eigenvalue weighted by molar-refractivity contribution is -0.126. The topological polar surface area (TPSA) is 92.4 Å². The van der Waals surface area contributed by atoms with Gasteiger partial charge in [-0.2, -0.15) is 0 Å². The summed E-state index contributed by atoms with van der Waals surface area (Å²) in [5.74, 6) is 1.26. The van der Waals surface area contributed by atoms with E-state index in [4.69, 9.17) is 25.8 Å². The van der Waals surface area contributed by atoms with Crippen molar-refractivity contribution < 1.29 is 23.8 Å². The van der Waals surface area contributed by atoms with E-state index in [1.165, 1.54) is 11.1 Å². The van der Waals surface area contributed by atoms with Gasteiger partial charge in [0.2, 0.25) is 11.8 Å². The van der Waals surface area contributed by atoms with Gasteiger partial charge in [-0.05, 0) is 152 Å². The number of amides is 2. The van der Waals surface area contributed by atoms with Crippen LogP contribution in [0.4, 0.5) is 0 Å². The van der Waals surface area contributed by atoms with Crippen molar-refractivity contribution in [2.24, 2.45) is 0 Å². The zero-order valence-electron chi connectivity index (χ0n) is 37.8. The van der Waals surface area contributed by atoms with Crippen LogP contribution in [0, 0.1) is 0 Å². The molecule has 334 valence electrons. The average molecular weight is 866 g/mol. The standard InChI is InChI=1S/C33H40N2O3.C19H29ClN2O2/c1-35(2)33(21-18-26-10-6-4-7-11-26)22-19-29(20-23-33)34-32(36)17-15-27-14-16-30(31(24-27)37-3)38-25-28-12-8-5-9-13-28;1-4-24-14-18(23)21-16-9-11-19(12-10-16,22(2)3)13-15-7-5-6-8-17(15)20/h4-17,24,29H,18-23,25H2,1-3H3,(H,34,36);5-8,16H,4,9-14H2,1-3H3,(H,21,23). The van der Waals surface area contributed by atoms with Crippen LogP contribution in [0.2, 0.25) is 5.02 Å². The Morgan fingerprint density at radius 2 is 1.32 bits per heavy atom. The molecule has 2 fully saturated rings. The molecule has 0 unspecified atom stereocenters. The molecule has 9 nitrogen and oxygen atoms in total. The lowest BCUT2D eigenvalue weighted by Crippen LogP contribution is -2.52. The van der Waals surface area contributed by atoms with Gasteiger partial charge in [-0.3, -0.25) is 9.59 Å². The van der Waals surface area contributed by atoms with Crippen LogP contribution in [0.15, 0.2) is 109 Å². The molecule has 0 bridgehead atoms. The van der Waals surface area contributed by atoms with E-state index in [0.717, 1.165) is 86.8 Å². The number of benzene rings is 4. The number of hydrogen-bond acceptors (Lipinski definition) is 7. The van der Waals surface area contributed by atoms with Gasteiger partial charge in [-0.15, -0.1) is 0 Å². The summed E-state index contributed by atoms with van der Waals surface area (Å²) in [5, 5.41) is 7.15. The minimum atomic E-state index is -0.0555. The Kier molecular flexibility index (Phi) is 18.9. The first-order chi connectivity index (χ1) is 29.9. The molecule has 2 aliphatic carbocycles. The third kappa shape index (κ3) is 14.4. The normalized spacial score (nSPS) is 21.2. The van der Waals surface area contributed by atoms with Crippen LogP contribution in [-0.4, -0.2) is 93.3 Å². The molecule has 0 spiro atoms. The van der Waals surface area contributed by atoms with E-state index in [0.29, 0.717) is 24.7 Å². The second kappa shape index (κ2) is 24.2. The van der Waals surface area contributed by atoms with Gasteiger partial charge in [0.15, 0.2) is 11.5 Å². The molecule has 2 aliphatic rings. The largest absolute Gasteiger partial charge is 0.493 e. The number of methoxy groups -OCH3 is 1. The number of nitrogens with one attached hydrogen (secondary N) is 2. The maximum atomic E-state index is 12.7. The average Bonchev–Trinajstić information content (AvgIpc) is 3.29. The molecule has 0 radical (unpaired) electrons. The van der Waals surface area contributed by atoms with E-state index in [2.05, 4.69) is 85.0 Å². The number of hydrogen-bond donors (Lipinski definition) is 2. The van der Waals surface area contributed by atoms with Crippen LogP contribution in [0.5, 0.6) is 11.5 Å². The van der Waals surface area contributed by atoms with E-state index in [1.54, 1.807) is 13.2 Å². The highest BCUT2D eigenvalue weighted by molar-refractivity contribution is 6.31. The molecule has 4 aromatic carbocycles. The van der Waals surface area contributed by atoms with Gasteiger partial charge in [0.05, 0.1) is 7.11 Å². The molecule has 2 amide bonds. The number of carbonyl (C=O) groups excluding carboxylic acids is 2. The summed E-state index contributed by atoms with van der Waals surface area (Å²) in [5.41, 5.74) is 4.87. The molecule has 0 aliphatic heterocycles. The maximum Gasteiger partial charge on any atom is 0.246 e. The minimum absolute atomic E-state index is 0.00898. The Balaban J connectivity index is 0.000000260. The van der Waals surface area contributed by atoms with Crippen molar-refractivity contribution in [3.8, 4) is 11.5 Å². The lowest BCUT2D eigenvalue weighted by atomic mass is 9.75. The number of likely N-dealkylation sites (N-methyl/N-ethyl adjacent to an activating group) is 1. The van der Waals surface area contributed by atoms with Gasteiger partial charge in [0.1, 0.15) is 13.2 Å². The van der Waals surface area contributed by atoms with Crippen molar-refractivity contribution in [2.45, 2.75) is 107 Å². The summed E-state index contributed by atoms with van der Waals surface area (Å²) in [4.78, 5) is 29.3. The molecular formula is C52H69ClN4O5. The highest BCUT2D eigenvalue weighted by atomic mass is 35.5. The molecule has 10 heteroatoms. The van der Waals surface area contributed by atoms with Crippen molar-refractivity contribution in [1.29, 1.82) is 0 Å². The Morgan fingerprint density at radius 3 is 1.92 bits per heavy atom. The smallest absolute Gasteiger partial charge is 0.246 e. The Bertz CT molecular complexity index is 1990. The van der Waals surface area contributed by atoms with Crippen molar-refractivity contribution in [2.75, 3.05) is 48.5 Å². The van der Waals surface area contributed by atoms with Crippen LogP contribution in [-0.2, 0) is 33.8 Å². The Hall–Kier alpha value is -4.67. The second-order valence-corrected chi connectivity index (χ2v) is 17.7. The molecule has 2 N–H and O–H groups in total. The van der Waals surface area contributed by atoms with Crippen LogP contribution in [0.25, 0.3) is 6.08 Å². The molecule has 6 rings (SSSR count). The highest BCUT2D eigenvalue weighted by Crippen LogP contribution is 2.38. The third-order valence-electron chi connectivity index (χ3n) is 12.9. The monoisotopic (exact) mass is 864 g/mol. The Labute approximate surface area is 376 Å². The summed E-state index contributed by atoms with van der Waals surface area (Å²) in [7, 11) is 10.3. The number of aryl methyl sites for hydroxylation is 1. The molecule has 0 saturated heterocycles. The number of rotatable bonds is 18. The molecule has 62 heavy (non-hydrogen) atoms. The van der Waals surface area contributed by atoms with E-state index < -0.39 is 0 Å². The fraction of sp³-hybridized carbons (Fsp3) is 0.462. The molecular weight excluding hydrogens is 796 g/mol. The van der Waals surface area contributed by atoms with Gasteiger partial charge in [0.25, 0.3) is 0 Å². The summed E-state index contributed by atoms with van der Waals surface area (Å²) in [6.07, 6.45) is 14.8. The quantitative estimate of drug-likeness (QED) is 0.0964.